The number of carbonyl (C=O) groups is 3. The number of aromatic hydroxyl groups is 1. The molecule has 0 spiro atoms. The summed E-state index contributed by atoms with van der Waals surface area (Å²) in [5.41, 5.74) is 5.39. The highest BCUT2D eigenvalue weighted by atomic mass is 16.5. The Hall–Kier alpha value is -3.35. The number of anilines is 1. The van der Waals surface area contributed by atoms with Crippen molar-refractivity contribution in [2.45, 2.75) is 85.6 Å². The Morgan fingerprint density at radius 3 is 2.34 bits per heavy atom. The van der Waals surface area contributed by atoms with Gasteiger partial charge in [0.15, 0.2) is 0 Å². The molecule has 0 radical (unpaired) electrons. The number of nitrogens with one attached hydrogen (secondary N) is 1. The highest BCUT2D eigenvalue weighted by Gasteiger charge is 2.22. The van der Waals surface area contributed by atoms with Crippen LogP contribution in [0.4, 0.5) is 5.69 Å². The van der Waals surface area contributed by atoms with Crippen molar-refractivity contribution in [1.29, 1.82) is 0 Å². The van der Waals surface area contributed by atoms with E-state index in [1.165, 1.54) is 19.3 Å². The number of aryl methyl sites for hydroxylation is 2. The molecule has 1 fully saturated rings. The first kappa shape index (κ1) is 29.2. The van der Waals surface area contributed by atoms with Crippen LogP contribution in [0.2, 0.25) is 0 Å². The van der Waals surface area contributed by atoms with Crippen molar-refractivity contribution >= 4 is 23.5 Å². The maximum Gasteiger partial charge on any atom is 0.397 e. The normalized spacial score (nSPS) is 13.7. The third kappa shape index (κ3) is 8.07. The topological polar surface area (TPSA) is 95.9 Å². The fourth-order valence-electron chi connectivity index (χ4n) is 5.34. The zero-order valence-electron chi connectivity index (χ0n) is 23.3. The summed E-state index contributed by atoms with van der Waals surface area (Å²) in [4.78, 5) is 38.7. The molecular weight excluding hydrogens is 480 g/mol. The lowest BCUT2D eigenvalue weighted by molar-refractivity contribution is -0.152. The van der Waals surface area contributed by atoms with Gasteiger partial charge >= 0.3 is 11.9 Å². The molecule has 38 heavy (non-hydrogen) atoms. The summed E-state index contributed by atoms with van der Waals surface area (Å²) < 4.78 is 4.76. The highest BCUT2D eigenvalue weighted by molar-refractivity contribution is 6.37. The number of nitrogens with zero attached hydrogens (tertiary/aromatic N) is 1. The summed E-state index contributed by atoms with van der Waals surface area (Å²) in [6.45, 7) is 8.87. The standard InChI is InChI=1S/C31H42N2O5/c1-5-14-33(29(35)19-23-10-8-7-9-11-23)20-25-17-24(12-13-28(25)34)18-27-21(3)15-26(16-22(27)4)32-30(36)31(37)38-6-2/h12-13,15-17,23,34H,5-11,14,18-20H2,1-4H3,(H,32,36). The largest absolute Gasteiger partial charge is 0.508 e. The molecular formula is C31H42N2O5. The number of phenols is 1. The Balaban J connectivity index is 1.73. The minimum absolute atomic E-state index is 0.142. The zero-order chi connectivity index (χ0) is 27.7. The molecule has 0 atom stereocenters. The van der Waals surface area contributed by atoms with E-state index in [0.29, 0.717) is 37.5 Å². The van der Waals surface area contributed by atoms with E-state index in [1.807, 2.05) is 43.0 Å². The summed E-state index contributed by atoms with van der Waals surface area (Å²) in [6, 6.07) is 9.28. The first-order valence-corrected chi connectivity index (χ1v) is 13.9. The van der Waals surface area contributed by atoms with Gasteiger partial charge < -0.3 is 20.1 Å². The SMILES string of the molecule is CCCN(Cc1cc(Cc2c(C)cc(NC(=O)C(=O)OCC)cc2C)ccc1O)C(=O)CC1CCCCC1. The molecule has 1 saturated carbocycles. The number of rotatable bonds is 10. The second-order valence-electron chi connectivity index (χ2n) is 10.4. The lowest BCUT2D eigenvalue weighted by Crippen LogP contribution is -2.33. The third-order valence-electron chi connectivity index (χ3n) is 7.34. The lowest BCUT2D eigenvalue weighted by Gasteiger charge is -2.27. The molecule has 3 rings (SSSR count). The average molecular weight is 523 g/mol. The van der Waals surface area contributed by atoms with Crippen LogP contribution in [0, 0.1) is 19.8 Å². The minimum Gasteiger partial charge on any atom is -0.508 e. The van der Waals surface area contributed by atoms with Crippen molar-refractivity contribution in [2.75, 3.05) is 18.5 Å². The van der Waals surface area contributed by atoms with Gasteiger partial charge in [-0.25, -0.2) is 4.79 Å². The van der Waals surface area contributed by atoms with Crippen molar-refractivity contribution in [2.24, 2.45) is 5.92 Å². The predicted molar refractivity (Wildman–Crippen MR) is 149 cm³/mol. The second kappa shape index (κ2) is 14.0. The Morgan fingerprint density at radius 1 is 1.03 bits per heavy atom. The average Bonchev–Trinajstić information content (AvgIpc) is 2.88. The Labute approximate surface area is 226 Å². The third-order valence-corrected chi connectivity index (χ3v) is 7.34. The molecule has 0 bridgehead atoms. The number of ether oxygens (including phenoxy) is 1. The molecule has 2 aromatic carbocycles. The summed E-state index contributed by atoms with van der Waals surface area (Å²) >= 11 is 0. The monoisotopic (exact) mass is 522 g/mol. The number of esters is 1. The number of hydrogen-bond donors (Lipinski definition) is 2. The van der Waals surface area contributed by atoms with E-state index in [9.17, 15) is 19.5 Å². The number of carbonyl (C=O) groups excluding carboxylic acids is 3. The first-order chi connectivity index (χ1) is 18.2. The first-order valence-electron chi connectivity index (χ1n) is 13.9. The van der Waals surface area contributed by atoms with Crippen LogP contribution >= 0.6 is 0 Å². The van der Waals surface area contributed by atoms with Gasteiger partial charge in [0, 0.05) is 30.8 Å². The summed E-state index contributed by atoms with van der Waals surface area (Å²) in [5.74, 6) is -0.845. The molecule has 1 aliphatic rings. The molecule has 0 unspecified atom stereocenters. The highest BCUT2D eigenvalue weighted by Crippen LogP contribution is 2.29. The van der Waals surface area contributed by atoms with Crippen LogP contribution in [0.3, 0.4) is 0 Å². The molecule has 2 aromatic rings. The van der Waals surface area contributed by atoms with Gasteiger partial charge in [0.2, 0.25) is 5.91 Å². The van der Waals surface area contributed by atoms with Crippen LogP contribution < -0.4 is 5.32 Å². The van der Waals surface area contributed by atoms with Crippen LogP contribution in [-0.4, -0.2) is 40.9 Å². The number of hydrogen-bond acceptors (Lipinski definition) is 5. The van der Waals surface area contributed by atoms with Crippen molar-refractivity contribution in [3.8, 4) is 5.75 Å². The van der Waals surface area contributed by atoms with Gasteiger partial charge in [-0.3, -0.25) is 9.59 Å². The fraction of sp³-hybridized carbons (Fsp3) is 0.516. The Morgan fingerprint density at radius 2 is 1.71 bits per heavy atom. The van der Waals surface area contributed by atoms with Crippen molar-refractivity contribution in [3.63, 3.8) is 0 Å². The molecule has 0 aromatic heterocycles. The van der Waals surface area contributed by atoms with E-state index in [-0.39, 0.29) is 18.3 Å². The van der Waals surface area contributed by atoms with E-state index < -0.39 is 11.9 Å². The van der Waals surface area contributed by atoms with E-state index in [1.54, 1.807) is 13.0 Å². The molecule has 2 N–H and O–H groups in total. The molecule has 1 aliphatic carbocycles. The van der Waals surface area contributed by atoms with Crippen LogP contribution in [0.1, 0.15) is 86.6 Å². The molecule has 0 heterocycles. The number of benzene rings is 2. The van der Waals surface area contributed by atoms with E-state index in [4.69, 9.17) is 4.74 Å². The van der Waals surface area contributed by atoms with Crippen LogP contribution in [0.25, 0.3) is 0 Å². The lowest BCUT2D eigenvalue weighted by atomic mass is 9.86. The summed E-state index contributed by atoms with van der Waals surface area (Å²) in [6.07, 6.45) is 8.08. The van der Waals surface area contributed by atoms with Crippen LogP contribution in [-0.2, 0) is 32.1 Å². The molecule has 0 saturated heterocycles. The van der Waals surface area contributed by atoms with E-state index in [2.05, 4.69) is 12.2 Å². The molecule has 2 amide bonds. The zero-order valence-corrected chi connectivity index (χ0v) is 23.3. The number of phenolic OH excluding ortho intramolecular Hbond substituents is 1. The smallest absolute Gasteiger partial charge is 0.397 e. The summed E-state index contributed by atoms with van der Waals surface area (Å²) in [5, 5.41) is 13.2. The quantitative estimate of drug-likeness (QED) is 0.303. The van der Waals surface area contributed by atoms with E-state index >= 15 is 0 Å². The van der Waals surface area contributed by atoms with E-state index in [0.717, 1.165) is 47.1 Å². The summed E-state index contributed by atoms with van der Waals surface area (Å²) in [7, 11) is 0. The Kier molecular flexibility index (Phi) is 10.7. The molecule has 206 valence electrons. The Bertz CT molecular complexity index is 1110. The minimum atomic E-state index is -0.905. The van der Waals surface area contributed by atoms with Crippen LogP contribution in [0.15, 0.2) is 30.3 Å². The molecule has 7 heteroatoms. The van der Waals surface area contributed by atoms with Crippen molar-refractivity contribution in [1.82, 2.24) is 4.90 Å². The van der Waals surface area contributed by atoms with Gasteiger partial charge in [-0.1, -0.05) is 32.3 Å². The van der Waals surface area contributed by atoms with Crippen LogP contribution in [0.5, 0.6) is 5.75 Å². The van der Waals surface area contributed by atoms with Gasteiger partial charge in [-0.05, 0) is 98.9 Å². The van der Waals surface area contributed by atoms with Crippen molar-refractivity contribution < 1.29 is 24.2 Å². The second-order valence-corrected chi connectivity index (χ2v) is 10.4. The van der Waals surface area contributed by atoms with Crippen molar-refractivity contribution in [3.05, 3.63) is 58.1 Å². The predicted octanol–water partition coefficient (Wildman–Crippen LogP) is 5.81. The molecule has 7 nitrogen and oxygen atoms in total. The van der Waals surface area contributed by atoms with Gasteiger partial charge in [0.1, 0.15) is 5.75 Å². The number of amides is 2. The van der Waals surface area contributed by atoms with Gasteiger partial charge in [0.05, 0.1) is 6.61 Å². The van der Waals surface area contributed by atoms with Gasteiger partial charge in [-0.15, -0.1) is 0 Å². The maximum absolute atomic E-state index is 13.2. The van der Waals surface area contributed by atoms with Gasteiger partial charge in [0.25, 0.3) is 0 Å². The maximum atomic E-state index is 13.2. The fourth-order valence-corrected chi connectivity index (χ4v) is 5.34. The molecule has 0 aliphatic heterocycles. The van der Waals surface area contributed by atoms with Gasteiger partial charge in [-0.2, -0.15) is 0 Å².